The highest BCUT2D eigenvalue weighted by atomic mass is 32.1. The largest absolute Gasteiger partial charge is 0.325 e. The minimum absolute atomic E-state index is 0.0282. The molecule has 1 amide bonds. The van der Waals surface area contributed by atoms with E-state index in [1.807, 2.05) is 29.6 Å². The van der Waals surface area contributed by atoms with E-state index in [0.29, 0.717) is 18.1 Å². The maximum atomic E-state index is 12.6. The Kier molecular flexibility index (Phi) is 4.44. The number of nitrogens with zero attached hydrogens (tertiary/aromatic N) is 1. The number of rotatable bonds is 4. The molecule has 0 bridgehead atoms. The zero-order valence-electron chi connectivity index (χ0n) is 14.4. The fraction of sp³-hybridized carbons (Fsp3) is 0.400. The Morgan fingerprint density at radius 1 is 1.32 bits per heavy atom. The molecule has 5 heteroatoms. The number of benzene rings is 1. The molecule has 2 aromatic rings. The van der Waals surface area contributed by atoms with Gasteiger partial charge in [-0.1, -0.05) is 18.2 Å². The van der Waals surface area contributed by atoms with Crippen LogP contribution in [0.4, 0.5) is 5.69 Å². The summed E-state index contributed by atoms with van der Waals surface area (Å²) in [4.78, 5) is 15.9. The number of thiophene rings is 1. The number of hydrogen-bond acceptors (Lipinski definition) is 4. The summed E-state index contributed by atoms with van der Waals surface area (Å²) in [6, 6.07) is 10.2. The van der Waals surface area contributed by atoms with E-state index < -0.39 is 0 Å². The van der Waals surface area contributed by atoms with Gasteiger partial charge in [0.1, 0.15) is 0 Å². The summed E-state index contributed by atoms with van der Waals surface area (Å²) in [5.74, 6) is 0.541. The van der Waals surface area contributed by atoms with E-state index >= 15 is 0 Å². The number of carbonyl (C=O) groups is 1. The standard InChI is InChI=1S/C20H23N3OS/c1-23-8-6-14(7-9-23)19-15-11-13(4-5-17(15)22-20(19)24)12-16(21)18-3-2-10-25-18/h2-5,10-11,14,19,21H,6-9,12H2,1H3,(H,22,24). The predicted octanol–water partition coefficient (Wildman–Crippen LogP) is 3.74. The lowest BCUT2D eigenvalue weighted by atomic mass is 9.80. The van der Waals surface area contributed by atoms with Crippen LogP contribution in [0.2, 0.25) is 0 Å². The summed E-state index contributed by atoms with van der Waals surface area (Å²) in [6.45, 7) is 2.12. The van der Waals surface area contributed by atoms with Crippen LogP contribution in [0.5, 0.6) is 0 Å². The maximum Gasteiger partial charge on any atom is 0.232 e. The summed E-state index contributed by atoms with van der Waals surface area (Å²) >= 11 is 1.60. The van der Waals surface area contributed by atoms with Crippen molar-refractivity contribution in [3.8, 4) is 0 Å². The molecule has 2 aliphatic rings. The average molecular weight is 353 g/mol. The molecule has 4 rings (SSSR count). The molecule has 1 unspecified atom stereocenters. The van der Waals surface area contributed by atoms with Gasteiger partial charge in [-0.2, -0.15) is 0 Å². The zero-order valence-corrected chi connectivity index (χ0v) is 15.2. The number of fused-ring (bicyclic) bond motifs is 1. The third kappa shape index (κ3) is 3.26. The summed E-state index contributed by atoms with van der Waals surface area (Å²) < 4.78 is 0. The van der Waals surface area contributed by atoms with Crippen LogP contribution in [-0.4, -0.2) is 36.7 Å². The topological polar surface area (TPSA) is 56.2 Å². The number of carbonyl (C=O) groups excluding carboxylic acids is 1. The summed E-state index contributed by atoms with van der Waals surface area (Å²) in [5, 5.41) is 13.4. The van der Waals surface area contributed by atoms with Crippen LogP contribution in [0, 0.1) is 11.3 Å². The van der Waals surface area contributed by atoms with Gasteiger partial charge >= 0.3 is 0 Å². The SMILES string of the molecule is CN1CCC(C2C(=O)Nc3ccc(CC(=N)c4cccs4)cc32)CC1. The molecule has 3 heterocycles. The molecule has 1 aromatic heterocycles. The molecule has 2 N–H and O–H groups in total. The first-order chi connectivity index (χ1) is 12.1. The van der Waals surface area contributed by atoms with Crippen molar-refractivity contribution >= 4 is 28.6 Å². The van der Waals surface area contributed by atoms with Gasteiger partial charge in [0.25, 0.3) is 0 Å². The Bertz CT molecular complexity index is 791. The predicted molar refractivity (Wildman–Crippen MR) is 103 cm³/mol. The van der Waals surface area contributed by atoms with Crippen molar-refractivity contribution in [1.29, 1.82) is 5.41 Å². The van der Waals surface area contributed by atoms with E-state index in [-0.39, 0.29) is 11.8 Å². The molecule has 2 aliphatic heterocycles. The van der Waals surface area contributed by atoms with E-state index in [4.69, 9.17) is 5.41 Å². The van der Waals surface area contributed by atoms with Crippen molar-refractivity contribution < 1.29 is 4.79 Å². The van der Waals surface area contributed by atoms with Gasteiger partial charge in [0.05, 0.1) is 11.6 Å². The number of nitrogens with one attached hydrogen (secondary N) is 2. The Labute approximate surface area is 152 Å². The lowest BCUT2D eigenvalue weighted by molar-refractivity contribution is -0.118. The van der Waals surface area contributed by atoms with Crippen LogP contribution >= 0.6 is 11.3 Å². The van der Waals surface area contributed by atoms with Crippen LogP contribution in [-0.2, 0) is 11.2 Å². The molecule has 0 saturated carbocycles. The van der Waals surface area contributed by atoms with Crippen LogP contribution in [0.3, 0.4) is 0 Å². The minimum atomic E-state index is -0.0282. The first kappa shape index (κ1) is 16.5. The molecule has 0 aliphatic carbocycles. The van der Waals surface area contributed by atoms with Crippen LogP contribution < -0.4 is 5.32 Å². The molecule has 1 atom stereocenters. The smallest absolute Gasteiger partial charge is 0.232 e. The second kappa shape index (κ2) is 6.73. The first-order valence-electron chi connectivity index (χ1n) is 8.85. The van der Waals surface area contributed by atoms with Gasteiger partial charge in [-0.15, -0.1) is 11.3 Å². The highest BCUT2D eigenvalue weighted by Gasteiger charge is 2.37. The average Bonchev–Trinajstić information content (AvgIpc) is 3.23. The monoisotopic (exact) mass is 353 g/mol. The molecule has 1 saturated heterocycles. The van der Waals surface area contributed by atoms with Crippen molar-refractivity contribution in [2.75, 3.05) is 25.5 Å². The summed E-state index contributed by atoms with van der Waals surface area (Å²) in [6.07, 6.45) is 2.76. The molecule has 4 nitrogen and oxygen atoms in total. The molecule has 1 aromatic carbocycles. The fourth-order valence-corrected chi connectivity index (χ4v) is 4.69. The Hall–Kier alpha value is -1.98. The van der Waals surface area contributed by atoms with E-state index in [1.165, 1.54) is 0 Å². The van der Waals surface area contributed by atoms with E-state index in [1.54, 1.807) is 11.3 Å². The minimum Gasteiger partial charge on any atom is -0.325 e. The molecule has 0 radical (unpaired) electrons. The van der Waals surface area contributed by atoms with Gasteiger partial charge in [-0.05, 0) is 67.5 Å². The van der Waals surface area contributed by atoms with Crippen molar-refractivity contribution in [1.82, 2.24) is 4.90 Å². The van der Waals surface area contributed by atoms with Crippen LogP contribution in [0.1, 0.15) is 34.8 Å². The van der Waals surface area contributed by atoms with Gasteiger partial charge in [-0.3, -0.25) is 4.79 Å². The molecule has 0 spiro atoms. The molecular formula is C20H23N3OS. The first-order valence-corrected chi connectivity index (χ1v) is 9.73. The molecule has 130 valence electrons. The Balaban J connectivity index is 1.56. The summed E-state index contributed by atoms with van der Waals surface area (Å²) in [7, 11) is 2.15. The van der Waals surface area contributed by atoms with Gasteiger partial charge in [0.2, 0.25) is 5.91 Å². The molecule has 25 heavy (non-hydrogen) atoms. The Morgan fingerprint density at radius 3 is 2.84 bits per heavy atom. The number of piperidine rings is 1. The molecule has 1 fully saturated rings. The highest BCUT2D eigenvalue weighted by molar-refractivity contribution is 7.12. The third-order valence-corrected chi connectivity index (χ3v) is 6.36. The normalized spacial score (nSPS) is 21.2. The number of likely N-dealkylation sites (tertiary alicyclic amines) is 1. The van der Waals surface area contributed by atoms with Gasteiger partial charge in [-0.25, -0.2) is 0 Å². The van der Waals surface area contributed by atoms with E-state index in [9.17, 15) is 4.79 Å². The fourth-order valence-electron chi connectivity index (χ4n) is 4.02. The summed E-state index contributed by atoms with van der Waals surface area (Å²) in [5.41, 5.74) is 3.85. The Morgan fingerprint density at radius 2 is 2.12 bits per heavy atom. The number of anilines is 1. The second-order valence-corrected chi connectivity index (χ2v) is 8.11. The maximum absolute atomic E-state index is 12.6. The van der Waals surface area contributed by atoms with Gasteiger partial charge in [0.15, 0.2) is 0 Å². The van der Waals surface area contributed by atoms with Gasteiger partial charge in [0, 0.05) is 17.0 Å². The van der Waals surface area contributed by atoms with Crippen LogP contribution in [0.15, 0.2) is 35.7 Å². The third-order valence-electron chi connectivity index (χ3n) is 5.43. The van der Waals surface area contributed by atoms with E-state index in [0.717, 1.165) is 47.6 Å². The lowest BCUT2D eigenvalue weighted by Gasteiger charge is -2.31. The highest BCUT2D eigenvalue weighted by Crippen LogP contribution is 2.41. The van der Waals surface area contributed by atoms with Crippen molar-refractivity contribution in [3.63, 3.8) is 0 Å². The van der Waals surface area contributed by atoms with Crippen molar-refractivity contribution in [2.24, 2.45) is 5.92 Å². The van der Waals surface area contributed by atoms with Gasteiger partial charge < -0.3 is 15.6 Å². The molecular weight excluding hydrogens is 330 g/mol. The second-order valence-electron chi connectivity index (χ2n) is 7.16. The van der Waals surface area contributed by atoms with Crippen molar-refractivity contribution in [2.45, 2.75) is 25.2 Å². The van der Waals surface area contributed by atoms with E-state index in [2.05, 4.69) is 23.3 Å². The quantitative estimate of drug-likeness (QED) is 0.823. The zero-order chi connectivity index (χ0) is 17.4. The lowest BCUT2D eigenvalue weighted by Crippen LogP contribution is -2.34. The number of amides is 1. The van der Waals surface area contributed by atoms with Crippen molar-refractivity contribution in [3.05, 3.63) is 51.7 Å². The van der Waals surface area contributed by atoms with Crippen LogP contribution in [0.25, 0.3) is 0 Å². The number of hydrogen-bond donors (Lipinski definition) is 2.